The topological polar surface area (TPSA) is 62.0 Å². The lowest BCUT2D eigenvalue weighted by atomic mass is 10.1. The third-order valence-corrected chi connectivity index (χ3v) is 2.98. The summed E-state index contributed by atoms with van der Waals surface area (Å²) in [4.78, 5) is 26.0. The molecule has 19 heavy (non-hydrogen) atoms. The molecule has 0 aliphatic carbocycles. The number of H-pyrrole nitrogens is 1. The molecular weight excluding hydrogens is 264 g/mol. The molecule has 0 saturated heterocycles. The first-order valence-electron chi connectivity index (χ1n) is 5.82. The first kappa shape index (κ1) is 13.4. The van der Waals surface area contributed by atoms with Crippen LogP contribution < -0.4 is 10.9 Å². The molecule has 1 aromatic carbocycles. The zero-order valence-electron chi connectivity index (χ0n) is 10.3. The first-order chi connectivity index (χ1) is 9.08. The van der Waals surface area contributed by atoms with E-state index >= 15 is 0 Å². The molecule has 1 amide bonds. The summed E-state index contributed by atoms with van der Waals surface area (Å²) in [5, 5.41) is 3.08. The third kappa shape index (κ3) is 3.23. The van der Waals surface area contributed by atoms with E-state index in [4.69, 9.17) is 11.6 Å². The van der Waals surface area contributed by atoms with E-state index < -0.39 is 11.5 Å². The van der Waals surface area contributed by atoms with E-state index in [1.807, 2.05) is 37.3 Å². The van der Waals surface area contributed by atoms with Crippen molar-refractivity contribution in [1.29, 1.82) is 0 Å². The molecule has 2 rings (SSSR count). The predicted octanol–water partition coefficient (Wildman–Crippen LogP) is 2.52. The molecule has 0 fully saturated rings. The van der Waals surface area contributed by atoms with Crippen molar-refractivity contribution in [3.8, 4) is 0 Å². The molecule has 1 aromatic heterocycles. The Morgan fingerprint density at radius 1 is 1.32 bits per heavy atom. The van der Waals surface area contributed by atoms with Crippen molar-refractivity contribution in [2.24, 2.45) is 0 Å². The summed E-state index contributed by atoms with van der Waals surface area (Å²) in [6, 6.07) is 10.7. The van der Waals surface area contributed by atoms with Gasteiger partial charge in [-0.05, 0) is 18.6 Å². The Labute approximate surface area is 115 Å². The number of carbonyl (C=O) groups excluding carboxylic acids is 1. The van der Waals surface area contributed by atoms with Crippen LogP contribution >= 0.6 is 11.6 Å². The summed E-state index contributed by atoms with van der Waals surface area (Å²) in [7, 11) is 0. The molecule has 0 aliphatic rings. The summed E-state index contributed by atoms with van der Waals surface area (Å²) in [6.07, 6.45) is 1.35. The third-order valence-electron chi connectivity index (χ3n) is 2.76. The molecule has 4 nitrogen and oxygen atoms in total. The van der Waals surface area contributed by atoms with Crippen LogP contribution in [0.3, 0.4) is 0 Å². The Morgan fingerprint density at radius 2 is 2.00 bits per heavy atom. The SMILES string of the molecule is CC(NC(=O)c1cc(Cl)c[nH]c1=O)c1ccccc1. The van der Waals surface area contributed by atoms with Crippen LogP contribution in [0.15, 0.2) is 47.4 Å². The number of hydrogen-bond donors (Lipinski definition) is 2. The predicted molar refractivity (Wildman–Crippen MR) is 74.4 cm³/mol. The van der Waals surface area contributed by atoms with Crippen molar-refractivity contribution < 1.29 is 4.79 Å². The van der Waals surface area contributed by atoms with Crippen molar-refractivity contribution in [1.82, 2.24) is 10.3 Å². The van der Waals surface area contributed by atoms with Crippen molar-refractivity contribution in [2.45, 2.75) is 13.0 Å². The Hall–Kier alpha value is -2.07. The van der Waals surface area contributed by atoms with Crippen LogP contribution in [-0.4, -0.2) is 10.9 Å². The van der Waals surface area contributed by atoms with E-state index in [2.05, 4.69) is 10.3 Å². The Bertz CT molecular complexity index is 637. The lowest BCUT2D eigenvalue weighted by Crippen LogP contribution is -2.31. The minimum Gasteiger partial charge on any atom is -0.345 e. The van der Waals surface area contributed by atoms with E-state index in [0.29, 0.717) is 5.02 Å². The monoisotopic (exact) mass is 276 g/mol. The second kappa shape index (κ2) is 5.71. The molecule has 0 spiro atoms. The van der Waals surface area contributed by atoms with Gasteiger partial charge in [-0.15, -0.1) is 0 Å². The van der Waals surface area contributed by atoms with Gasteiger partial charge in [0, 0.05) is 6.20 Å². The Morgan fingerprint density at radius 3 is 2.68 bits per heavy atom. The number of aromatic nitrogens is 1. The molecule has 1 atom stereocenters. The van der Waals surface area contributed by atoms with Crippen LogP contribution in [0, 0.1) is 0 Å². The van der Waals surface area contributed by atoms with E-state index in [0.717, 1.165) is 5.56 Å². The fraction of sp³-hybridized carbons (Fsp3) is 0.143. The number of carbonyl (C=O) groups is 1. The van der Waals surface area contributed by atoms with Crippen LogP contribution in [-0.2, 0) is 0 Å². The second-order valence-electron chi connectivity index (χ2n) is 4.17. The fourth-order valence-electron chi connectivity index (χ4n) is 1.73. The van der Waals surface area contributed by atoms with Crippen molar-refractivity contribution in [3.63, 3.8) is 0 Å². The molecule has 0 aliphatic heterocycles. The standard InChI is InChI=1S/C14H13ClN2O2/c1-9(10-5-3-2-4-6-10)17-14(19)12-7-11(15)8-16-13(12)18/h2-9H,1H3,(H,16,18)(H,17,19). The lowest BCUT2D eigenvalue weighted by molar-refractivity contribution is 0.0938. The minimum absolute atomic E-state index is 0.00952. The van der Waals surface area contributed by atoms with Gasteiger partial charge in [0.25, 0.3) is 11.5 Å². The van der Waals surface area contributed by atoms with E-state index in [1.54, 1.807) is 0 Å². The van der Waals surface area contributed by atoms with Gasteiger partial charge in [0.05, 0.1) is 11.1 Å². The van der Waals surface area contributed by atoms with Crippen LogP contribution in [0.4, 0.5) is 0 Å². The average molecular weight is 277 g/mol. The summed E-state index contributed by atoms with van der Waals surface area (Å²) in [6.45, 7) is 1.85. The lowest BCUT2D eigenvalue weighted by Gasteiger charge is -2.13. The first-order valence-corrected chi connectivity index (χ1v) is 6.20. The quantitative estimate of drug-likeness (QED) is 0.905. The normalized spacial score (nSPS) is 11.9. The smallest absolute Gasteiger partial charge is 0.260 e. The van der Waals surface area contributed by atoms with Crippen LogP contribution in [0.2, 0.25) is 5.02 Å². The molecule has 1 unspecified atom stereocenters. The minimum atomic E-state index is -0.456. The molecular formula is C14H13ClN2O2. The molecule has 0 bridgehead atoms. The maximum absolute atomic E-state index is 12.0. The highest BCUT2D eigenvalue weighted by atomic mass is 35.5. The molecule has 2 aromatic rings. The van der Waals surface area contributed by atoms with Crippen molar-refractivity contribution in [2.75, 3.05) is 0 Å². The zero-order chi connectivity index (χ0) is 13.8. The van der Waals surface area contributed by atoms with Gasteiger partial charge in [-0.2, -0.15) is 0 Å². The number of amides is 1. The maximum atomic E-state index is 12.0. The zero-order valence-corrected chi connectivity index (χ0v) is 11.1. The summed E-state index contributed by atoms with van der Waals surface area (Å²) in [5.41, 5.74) is 0.520. The summed E-state index contributed by atoms with van der Waals surface area (Å²) < 4.78 is 0. The second-order valence-corrected chi connectivity index (χ2v) is 4.60. The van der Waals surface area contributed by atoms with Crippen LogP contribution in [0.25, 0.3) is 0 Å². The number of hydrogen-bond acceptors (Lipinski definition) is 2. The van der Waals surface area contributed by atoms with Crippen LogP contribution in [0.5, 0.6) is 0 Å². The number of rotatable bonds is 3. The Kier molecular flexibility index (Phi) is 4.02. The maximum Gasteiger partial charge on any atom is 0.260 e. The highest BCUT2D eigenvalue weighted by molar-refractivity contribution is 6.30. The van der Waals surface area contributed by atoms with E-state index in [-0.39, 0.29) is 11.6 Å². The van der Waals surface area contributed by atoms with Gasteiger partial charge < -0.3 is 10.3 Å². The fourth-order valence-corrected chi connectivity index (χ4v) is 1.89. The highest BCUT2D eigenvalue weighted by Crippen LogP contribution is 2.12. The number of benzene rings is 1. The molecule has 0 radical (unpaired) electrons. The number of pyridine rings is 1. The van der Waals surface area contributed by atoms with Gasteiger partial charge in [0.2, 0.25) is 0 Å². The highest BCUT2D eigenvalue weighted by Gasteiger charge is 2.14. The Balaban J connectivity index is 2.18. The summed E-state index contributed by atoms with van der Waals surface area (Å²) in [5.74, 6) is -0.444. The van der Waals surface area contributed by atoms with Crippen LogP contribution in [0.1, 0.15) is 28.9 Å². The van der Waals surface area contributed by atoms with Gasteiger partial charge in [-0.1, -0.05) is 41.9 Å². The molecule has 5 heteroatoms. The molecule has 2 N–H and O–H groups in total. The number of halogens is 1. The number of nitrogens with one attached hydrogen (secondary N) is 2. The average Bonchev–Trinajstić information content (AvgIpc) is 2.42. The van der Waals surface area contributed by atoms with Crippen molar-refractivity contribution >= 4 is 17.5 Å². The van der Waals surface area contributed by atoms with Gasteiger partial charge >= 0.3 is 0 Å². The van der Waals surface area contributed by atoms with Gasteiger partial charge in [0.15, 0.2) is 0 Å². The van der Waals surface area contributed by atoms with Gasteiger partial charge in [-0.3, -0.25) is 9.59 Å². The van der Waals surface area contributed by atoms with E-state index in [1.165, 1.54) is 12.3 Å². The molecule has 98 valence electrons. The van der Waals surface area contributed by atoms with Gasteiger partial charge in [-0.25, -0.2) is 0 Å². The number of aromatic amines is 1. The van der Waals surface area contributed by atoms with Crippen molar-refractivity contribution in [3.05, 3.63) is 69.1 Å². The van der Waals surface area contributed by atoms with E-state index in [9.17, 15) is 9.59 Å². The molecule has 1 heterocycles. The largest absolute Gasteiger partial charge is 0.345 e. The summed E-state index contributed by atoms with van der Waals surface area (Å²) >= 11 is 5.76. The van der Waals surface area contributed by atoms with Gasteiger partial charge in [0.1, 0.15) is 5.56 Å². The molecule has 0 saturated carbocycles.